The topological polar surface area (TPSA) is 180 Å². The third-order valence-electron chi connectivity index (χ3n) is 6.45. The molecule has 2 aromatic heterocycles. The van der Waals surface area contributed by atoms with E-state index < -0.39 is 41.0 Å². The zero-order chi connectivity index (χ0) is 24.0. The second-order valence-corrected chi connectivity index (χ2v) is 13.1. The summed E-state index contributed by atoms with van der Waals surface area (Å²) in [5.74, 6) is -0.380. The lowest BCUT2D eigenvalue weighted by molar-refractivity contribution is -0.00838. The highest BCUT2D eigenvalue weighted by Crippen LogP contribution is 2.42. The quantitative estimate of drug-likeness (QED) is 0.473. The first kappa shape index (κ1) is 24.0. The van der Waals surface area contributed by atoms with E-state index in [2.05, 4.69) is 20.4 Å². The first-order chi connectivity index (χ1) is 15.5. The van der Waals surface area contributed by atoms with Crippen molar-refractivity contribution in [1.82, 2.24) is 19.7 Å². The Morgan fingerprint density at radius 2 is 1.97 bits per heavy atom. The van der Waals surface area contributed by atoms with E-state index in [9.17, 15) is 18.2 Å². The maximum atomic E-state index is 12.3. The fourth-order valence-electron chi connectivity index (χ4n) is 4.59. The average molecular weight is 499 g/mol. The minimum absolute atomic E-state index is 0.00998. The van der Waals surface area contributed by atoms with Gasteiger partial charge in [-0.2, -0.15) is 15.3 Å². The second-order valence-electron chi connectivity index (χ2n) is 8.95. The van der Waals surface area contributed by atoms with Crippen LogP contribution in [0.25, 0.3) is 11.0 Å². The number of sulfone groups is 1. The third-order valence-corrected chi connectivity index (χ3v) is 10.2. The van der Waals surface area contributed by atoms with Crippen molar-refractivity contribution in [3.63, 3.8) is 0 Å². The first-order valence-electron chi connectivity index (χ1n) is 10.8. The summed E-state index contributed by atoms with van der Waals surface area (Å²) in [6, 6.07) is 2.24. The normalized spacial score (nSPS) is 26.6. The zero-order valence-corrected chi connectivity index (χ0v) is 20.0. The van der Waals surface area contributed by atoms with Crippen LogP contribution in [-0.2, 0) is 19.1 Å². The van der Waals surface area contributed by atoms with Crippen molar-refractivity contribution in [2.24, 2.45) is 11.8 Å². The Bertz CT molecular complexity index is 1230. The molecule has 0 bridgehead atoms. The number of nitriles is 1. The summed E-state index contributed by atoms with van der Waals surface area (Å²) >= 11 is 0. The number of nitrogens with one attached hydrogen (secondary N) is 1. The molecule has 180 valence electrons. The molecule has 0 aromatic carbocycles. The van der Waals surface area contributed by atoms with Crippen LogP contribution in [0.15, 0.2) is 6.20 Å². The Kier molecular flexibility index (Phi) is 6.50. The van der Waals surface area contributed by atoms with E-state index in [1.54, 1.807) is 6.20 Å². The maximum Gasteiger partial charge on any atom is 0.340 e. The van der Waals surface area contributed by atoms with E-state index in [1.165, 1.54) is 4.68 Å². The number of anilines is 1. The van der Waals surface area contributed by atoms with Gasteiger partial charge in [-0.3, -0.25) is 4.57 Å². The molecule has 2 fully saturated rings. The number of nitrogens with zero attached hydrogens (tertiary/aromatic N) is 5. The smallest absolute Gasteiger partial charge is 0.340 e. The Hall–Kier alpha value is -2.10. The van der Waals surface area contributed by atoms with Crippen LogP contribution >= 0.6 is 7.60 Å². The molecule has 12 nitrogen and oxygen atoms in total. The highest BCUT2D eigenvalue weighted by Gasteiger charge is 2.44. The summed E-state index contributed by atoms with van der Waals surface area (Å²) in [5, 5.41) is 17.9. The highest BCUT2D eigenvalue weighted by molar-refractivity contribution is 7.97. The lowest BCUT2D eigenvalue weighted by Gasteiger charge is -2.18. The number of ether oxygens (including phenoxy) is 1. The van der Waals surface area contributed by atoms with Crippen LogP contribution in [0.4, 0.5) is 5.82 Å². The largest absolute Gasteiger partial charge is 0.367 e. The lowest BCUT2D eigenvalue weighted by Crippen LogP contribution is -2.27. The van der Waals surface area contributed by atoms with Gasteiger partial charge in [0.25, 0.3) is 0 Å². The predicted octanol–water partition coefficient (Wildman–Crippen LogP) is 1.77. The van der Waals surface area contributed by atoms with Crippen molar-refractivity contribution in [2.45, 2.75) is 57.9 Å². The van der Waals surface area contributed by atoms with Crippen LogP contribution in [0.1, 0.15) is 51.6 Å². The van der Waals surface area contributed by atoms with Crippen molar-refractivity contribution in [3.05, 3.63) is 12.0 Å². The number of rotatable bonds is 7. The Balaban J connectivity index is 1.63. The highest BCUT2D eigenvalue weighted by atomic mass is 32.2. The lowest BCUT2D eigenvalue weighted by atomic mass is 9.93. The number of hydrogen-bond acceptors (Lipinski definition) is 9. The maximum absolute atomic E-state index is 12.3. The molecule has 0 unspecified atom stereocenters. The molecule has 0 spiro atoms. The molecule has 0 amide bonds. The predicted molar refractivity (Wildman–Crippen MR) is 119 cm³/mol. The SMILES string of the molecule is C[C@@H]1[C@H](C)[C@@H](CS(=O)(=O)CP(=O)(O)O)O[C@H]1n1ncc2c(NC3CCCC3)nc(C#N)nc21. The molecule has 3 heterocycles. The molecular formula is C19H27N6O6PS. The molecule has 1 aliphatic heterocycles. The average Bonchev–Trinajstić information content (AvgIpc) is 3.42. The summed E-state index contributed by atoms with van der Waals surface area (Å²) < 4.78 is 43.4. The molecule has 14 heteroatoms. The Labute approximate surface area is 191 Å². The number of aromatic nitrogens is 4. The summed E-state index contributed by atoms with van der Waals surface area (Å²) in [4.78, 5) is 26.8. The first-order valence-corrected chi connectivity index (χ1v) is 14.4. The summed E-state index contributed by atoms with van der Waals surface area (Å²) in [5.41, 5.74) is -0.810. The molecule has 3 N–H and O–H groups in total. The molecule has 0 radical (unpaired) electrons. The Morgan fingerprint density at radius 1 is 1.27 bits per heavy atom. The Morgan fingerprint density at radius 3 is 2.61 bits per heavy atom. The fraction of sp³-hybridized carbons (Fsp3) is 0.684. The van der Waals surface area contributed by atoms with E-state index in [0.29, 0.717) is 16.9 Å². The van der Waals surface area contributed by atoms with Crippen molar-refractivity contribution < 1.29 is 27.5 Å². The van der Waals surface area contributed by atoms with Crippen LogP contribution in [0, 0.1) is 23.2 Å². The van der Waals surface area contributed by atoms with E-state index in [1.807, 2.05) is 19.9 Å². The van der Waals surface area contributed by atoms with Gasteiger partial charge < -0.3 is 19.8 Å². The monoisotopic (exact) mass is 498 g/mol. The molecule has 2 aromatic rings. The van der Waals surface area contributed by atoms with E-state index in [-0.39, 0.29) is 23.7 Å². The van der Waals surface area contributed by atoms with Gasteiger partial charge in [0, 0.05) is 12.0 Å². The van der Waals surface area contributed by atoms with Crippen molar-refractivity contribution in [3.8, 4) is 6.07 Å². The molecule has 2 aliphatic rings. The summed E-state index contributed by atoms with van der Waals surface area (Å²) in [6.45, 7) is 3.72. The zero-order valence-electron chi connectivity index (χ0n) is 18.3. The molecule has 1 saturated carbocycles. The van der Waals surface area contributed by atoms with Gasteiger partial charge in [-0.05, 0) is 18.8 Å². The van der Waals surface area contributed by atoms with Crippen LogP contribution in [0.3, 0.4) is 0 Å². The van der Waals surface area contributed by atoms with E-state index >= 15 is 0 Å². The summed E-state index contributed by atoms with van der Waals surface area (Å²) in [6.07, 6.45) is 4.48. The fourth-order valence-corrected chi connectivity index (χ4v) is 7.95. The van der Waals surface area contributed by atoms with Gasteiger partial charge >= 0.3 is 7.60 Å². The van der Waals surface area contributed by atoms with Gasteiger partial charge in [0.05, 0.1) is 23.4 Å². The third kappa shape index (κ3) is 5.20. The van der Waals surface area contributed by atoms with Gasteiger partial charge in [-0.25, -0.2) is 18.1 Å². The standard InChI is InChI=1S/C19H27N6O6PS/c1-11-12(2)19(31-15(11)9-33(29,30)10-32(26,27)28)25-18-14(8-21-25)17(23-16(7-20)24-18)22-13-5-3-4-6-13/h8,11-13,15,19H,3-6,9-10H2,1-2H3,(H,22,23,24)(H2,26,27,28)/t11-,12+,15+,19+/m0/s1. The van der Waals surface area contributed by atoms with Crippen LogP contribution in [-0.4, -0.2) is 61.3 Å². The van der Waals surface area contributed by atoms with Gasteiger partial charge in [0.1, 0.15) is 11.9 Å². The van der Waals surface area contributed by atoms with E-state index in [4.69, 9.17) is 14.5 Å². The molecule has 1 saturated heterocycles. The molecule has 1 aliphatic carbocycles. The minimum Gasteiger partial charge on any atom is -0.367 e. The van der Waals surface area contributed by atoms with Gasteiger partial charge in [0.15, 0.2) is 27.2 Å². The van der Waals surface area contributed by atoms with Crippen molar-refractivity contribution >= 4 is 34.3 Å². The molecule has 4 rings (SSSR count). The van der Waals surface area contributed by atoms with Crippen LogP contribution < -0.4 is 5.32 Å². The molecule has 33 heavy (non-hydrogen) atoms. The van der Waals surface area contributed by atoms with Crippen molar-refractivity contribution in [2.75, 3.05) is 16.6 Å². The molecular weight excluding hydrogens is 471 g/mol. The van der Waals surface area contributed by atoms with Gasteiger partial charge in [-0.1, -0.05) is 26.7 Å². The number of hydrogen-bond donors (Lipinski definition) is 3. The number of fused-ring (bicyclic) bond motifs is 1. The second kappa shape index (κ2) is 8.92. The summed E-state index contributed by atoms with van der Waals surface area (Å²) in [7, 11) is -8.76. The van der Waals surface area contributed by atoms with Crippen LogP contribution in [0.2, 0.25) is 0 Å². The van der Waals surface area contributed by atoms with Gasteiger partial charge in [-0.15, -0.1) is 0 Å². The van der Waals surface area contributed by atoms with Crippen molar-refractivity contribution in [1.29, 1.82) is 5.26 Å². The minimum atomic E-state index is -4.72. The van der Waals surface area contributed by atoms with E-state index in [0.717, 1.165) is 25.7 Å². The van der Waals surface area contributed by atoms with Crippen LogP contribution in [0.5, 0.6) is 0 Å². The van der Waals surface area contributed by atoms with Gasteiger partial charge in [0.2, 0.25) is 5.82 Å². The molecule has 4 atom stereocenters.